The van der Waals surface area contributed by atoms with Gasteiger partial charge in [-0.25, -0.2) is 0 Å². The van der Waals surface area contributed by atoms with Crippen LogP contribution < -0.4 is 10.6 Å². The minimum absolute atomic E-state index is 0.169. The van der Waals surface area contributed by atoms with E-state index < -0.39 is 0 Å². The molecule has 1 aliphatic heterocycles. The van der Waals surface area contributed by atoms with Crippen LogP contribution in [0, 0.1) is 6.92 Å². The molecule has 2 aromatic carbocycles. The molecule has 1 aliphatic rings. The van der Waals surface area contributed by atoms with E-state index in [1.807, 2.05) is 0 Å². The number of para-hydroxylation sites is 1. The van der Waals surface area contributed by atoms with E-state index >= 15 is 0 Å². The van der Waals surface area contributed by atoms with Crippen molar-refractivity contribution in [2.24, 2.45) is 5.73 Å². The SMILES string of the molecule is Cc1ccc(N2CCC(N)c3ccccc32)cc1. The molecule has 1 heterocycles. The molecule has 0 aromatic heterocycles. The van der Waals surface area contributed by atoms with E-state index in [9.17, 15) is 0 Å². The van der Waals surface area contributed by atoms with Crippen LogP contribution in [0.1, 0.15) is 23.6 Å². The molecule has 0 amide bonds. The molecular weight excluding hydrogens is 220 g/mol. The summed E-state index contributed by atoms with van der Waals surface area (Å²) < 4.78 is 0. The molecule has 2 heteroatoms. The third kappa shape index (κ3) is 1.89. The normalized spacial score (nSPS) is 18.6. The zero-order valence-corrected chi connectivity index (χ0v) is 10.6. The van der Waals surface area contributed by atoms with Crippen molar-refractivity contribution in [3.8, 4) is 0 Å². The third-order valence-corrected chi connectivity index (χ3v) is 3.64. The second kappa shape index (κ2) is 4.46. The van der Waals surface area contributed by atoms with Crippen molar-refractivity contribution in [1.29, 1.82) is 0 Å². The van der Waals surface area contributed by atoms with E-state index in [-0.39, 0.29) is 6.04 Å². The Hall–Kier alpha value is -1.80. The van der Waals surface area contributed by atoms with Gasteiger partial charge in [0.05, 0.1) is 0 Å². The van der Waals surface area contributed by atoms with E-state index in [2.05, 4.69) is 60.4 Å². The van der Waals surface area contributed by atoms with Crippen LogP contribution in [0.2, 0.25) is 0 Å². The standard InChI is InChI=1S/C16H18N2/c1-12-6-8-13(9-7-12)18-11-10-15(17)14-4-2-3-5-16(14)18/h2-9,15H,10-11,17H2,1H3. The second-order valence-corrected chi connectivity index (χ2v) is 4.94. The molecule has 1 atom stereocenters. The molecule has 0 fully saturated rings. The van der Waals surface area contributed by atoms with Crippen LogP contribution in [-0.2, 0) is 0 Å². The van der Waals surface area contributed by atoms with Crippen LogP contribution in [0.4, 0.5) is 11.4 Å². The van der Waals surface area contributed by atoms with Gasteiger partial charge in [0.1, 0.15) is 0 Å². The summed E-state index contributed by atoms with van der Waals surface area (Å²) in [6, 6.07) is 17.3. The van der Waals surface area contributed by atoms with Gasteiger partial charge in [-0.15, -0.1) is 0 Å². The van der Waals surface area contributed by atoms with Crippen molar-refractivity contribution < 1.29 is 0 Å². The Balaban J connectivity index is 2.04. The van der Waals surface area contributed by atoms with Gasteiger partial charge in [0.15, 0.2) is 0 Å². The van der Waals surface area contributed by atoms with Crippen molar-refractivity contribution in [1.82, 2.24) is 0 Å². The first-order valence-electron chi connectivity index (χ1n) is 6.44. The first-order chi connectivity index (χ1) is 8.75. The smallest absolute Gasteiger partial charge is 0.0459 e. The molecule has 0 radical (unpaired) electrons. The molecule has 1 unspecified atom stereocenters. The fraction of sp³-hybridized carbons (Fsp3) is 0.250. The fourth-order valence-corrected chi connectivity index (χ4v) is 2.58. The van der Waals surface area contributed by atoms with Gasteiger partial charge >= 0.3 is 0 Å². The van der Waals surface area contributed by atoms with Crippen LogP contribution in [0.25, 0.3) is 0 Å². The number of hydrogen-bond donors (Lipinski definition) is 1. The van der Waals surface area contributed by atoms with Crippen LogP contribution >= 0.6 is 0 Å². The van der Waals surface area contributed by atoms with Crippen LogP contribution in [0.3, 0.4) is 0 Å². The Morgan fingerprint density at radius 1 is 1.06 bits per heavy atom. The highest BCUT2D eigenvalue weighted by atomic mass is 15.1. The summed E-state index contributed by atoms with van der Waals surface area (Å²) in [5.41, 5.74) is 11.2. The minimum atomic E-state index is 0.169. The zero-order chi connectivity index (χ0) is 12.5. The Morgan fingerprint density at radius 3 is 2.56 bits per heavy atom. The topological polar surface area (TPSA) is 29.3 Å². The molecule has 2 aromatic rings. The summed E-state index contributed by atoms with van der Waals surface area (Å²) in [5.74, 6) is 0. The van der Waals surface area contributed by atoms with E-state index in [0.29, 0.717) is 0 Å². The highest BCUT2D eigenvalue weighted by molar-refractivity contribution is 5.68. The summed E-state index contributed by atoms with van der Waals surface area (Å²) in [6.45, 7) is 3.10. The second-order valence-electron chi connectivity index (χ2n) is 4.94. The Kier molecular flexibility index (Phi) is 2.80. The molecule has 2 N–H and O–H groups in total. The van der Waals surface area contributed by atoms with Crippen molar-refractivity contribution in [2.45, 2.75) is 19.4 Å². The first-order valence-corrected chi connectivity index (χ1v) is 6.44. The van der Waals surface area contributed by atoms with Crippen molar-refractivity contribution in [3.05, 3.63) is 59.7 Å². The molecule has 0 aliphatic carbocycles. The molecule has 3 rings (SSSR count). The number of nitrogens with zero attached hydrogens (tertiary/aromatic N) is 1. The number of fused-ring (bicyclic) bond motifs is 1. The molecule has 2 nitrogen and oxygen atoms in total. The maximum atomic E-state index is 6.18. The fourth-order valence-electron chi connectivity index (χ4n) is 2.58. The molecule has 18 heavy (non-hydrogen) atoms. The van der Waals surface area contributed by atoms with Gasteiger partial charge in [-0.1, -0.05) is 35.9 Å². The van der Waals surface area contributed by atoms with E-state index in [4.69, 9.17) is 5.73 Å². The number of anilines is 2. The van der Waals surface area contributed by atoms with Gasteiger partial charge in [-0.2, -0.15) is 0 Å². The minimum Gasteiger partial charge on any atom is -0.341 e. The van der Waals surface area contributed by atoms with Gasteiger partial charge in [-0.05, 0) is 37.1 Å². The van der Waals surface area contributed by atoms with Gasteiger partial charge in [-0.3, -0.25) is 0 Å². The van der Waals surface area contributed by atoms with Crippen LogP contribution in [0.15, 0.2) is 48.5 Å². The lowest BCUT2D eigenvalue weighted by molar-refractivity contribution is 0.625. The van der Waals surface area contributed by atoms with E-state index in [0.717, 1.165) is 13.0 Å². The summed E-state index contributed by atoms with van der Waals surface area (Å²) in [5, 5.41) is 0. The van der Waals surface area contributed by atoms with Crippen molar-refractivity contribution in [3.63, 3.8) is 0 Å². The lowest BCUT2D eigenvalue weighted by Gasteiger charge is -2.34. The zero-order valence-electron chi connectivity index (χ0n) is 10.6. The Bertz CT molecular complexity index is 545. The summed E-state index contributed by atoms with van der Waals surface area (Å²) in [7, 11) is 0. The molecule has 0 spiro atoms. The van der Waals surface area contributed by atoms with Crippen LogP contribution in [0.5, 0.6) is 0 Å². The van der Waals surface area contributed by atoms with Crippen molar-refractivity contribution >= 4 is 11.4 Å². The van der Waals surface area contributed by atoms with Gasteiger partial charge < -0.3 is 10.6 Å². The summed E-state index contributed by atoms with van der Waals surface area (Å²) >= 11 is 0. The molecule has 92 valence electrons. The Labute approximate surface area is 108 Å². The molecular formula is C16H18N2. The predicted molar refractivity (Wildman–Crippen MR) is 76.2 cm³/mol. The monoisotopic (exact) mass is 238 g/mol. The maximum absolute atomic E-state index is 6.18. The maximum Gasteiger partial charge on any atom is 0.0459 e. The average molecular weight is 238 g/mol. The number of rotatable bonds is 1. The third-order valence-electron chi connectivity index (χ3n) is 3.64. The average Bonchev–Trinajstić information content (AvgIpc) is 2.41. The number of hydrogen-bond acceptors (Lipinski definition) is 2. The lowest BCUT2D eigenvalue weighted by Crippen LogP contribution is -2.30. The number of aryl methyl sites for hydroxylation is 1. The highest BCUT2D eigenvalue weighted by Crippen LogP contribution is 2.36. The van der Waals surface area contributed by atoms with Crippen molar-refractivity contribution in [2.75, 3.05) is 11.4 Å². The number of nitrogens with two attached hydrogens (primary N) is 1. The van der Waals surface area contributed by atoms with E-state index in [1.54, 1.807) is 0 Å². The molecule has 0 saturated heterocycles. The van der Waals surface area contributed by atoms with Crippen LogP contribution in [-0.4, -0.2) is 6.54 Å². The summed E-state index contributed by atoms with van der Waals surface area (Å²) in [6.07, 6.45) is 1.00. The van der Waals surface area contributed by atoms with E-state index in [1.165, 1.54) is 22.5 Å². The lowest BCUT2D eigenvalue weighted by atomic mass is 9.96. The predicted octanol–water partition coefficient (Wildman–Crippen LogP) is 3.54. The van der Waals surface area contributed by atoms with Gasteiger partial charge in [0, 0.05) is 24.0 Å². The van der Waals surface area contributed by atoms with Gasteiger partial charge in [0.25, 0.3) is 0 Å². The quantitative estimate of drug-likeness (QED) is 0.823. The summed E-state index contributed by atoms with van der Waals surface area (Å²) in [4.78, 5) is 2.36. The van der Waals surface area contributed by atoms with Gasteiger partial charge in [0.2, 0.25) is 0 Å². The molecule has 0 saturated carbocycles. The highest BCUT2D eigenvalue weighted by Gasteiger charge is 2.22. The Morgan fingerprint density at radius 2 is 1.78 bits per heavy atom. The first kappa shape index (κ1) is 11.3. The number of benzene rings is 2. The largest absolute Gasteiger partial charge is 0.341 e. The molecule has 0 bridgehead atoms.